The molecule has 68 heavy (non-hydrogen) atoms. The van der Waals surface area contributed by atoms with Gasteiger partial charge >= 0.3 is 0 Å². The highest BCUT2D eigenvalue weighted by Crippen LogP contribution is 2.35. The molecular formula is C56H122B4N6O2. The van der Waals surface area contributed by atoms with Gasteiger partial charge < -0.3 is 19.4 Å². The molecule has 0 unspecified atom stereocenters. The predicted octanol–water partition coefficient (Wildman–Crippen LogP) is 14.3. The Balaban J connectivity index is -0.0000000870. The van der Waals surface area contributed by atoms with Gasteiger partial charge in [0.2, 0.25) is 5.91 Å². The molecule has 5 aliphatic rings. The molecule has 0 bridgehead atoms. The first-order chi connectivity index (χ1) is 30.1. The van der Waals surface area contributed by atoms with E-state index >= 15 is 0 Å². The van der Waals surface area contributed by atoms with Crippen molar-refractivity contribution in [1.82, 2.24) is 19.6 Å². The molecule has 1 amide bonds. The quantitative estimate of drug-likeness (QED) is 0.248. The zero-order chi connectivity index (χ0) is 51.0. The van der Waals surface area contributed by atoms with Crippen LogP contribution in [0.3, 0.4) is 0 Å². The average Bonchev–Trinajstić information content (AvgIpc) is 3.23. The Morgan fingerprint density at radius 1 is 0.412 bits per heavy atom. The number of hydrogen-bond donors (Lipinski definition) is 0. The first kappa shape index (κ1) is 86.4. The van der Waals surface area contributed by atoms with E-state index in [-0.39, 0.29) is 33.7 Å². The molecule has 5 heterocycles. The lowest BCUT2D eigenvalue weighted by atomic mass is 9.84. The Morgan fingerprint density at radius 3 is 0.926 bits per heavy atom. The number of carbonyl (C=O) groups excluding carboxylic acids is 1. The normalized spacial score (nSPS) is 18.0. The molecule has 5 fully saturated rings. The van der Waals surface area contributed by atoms with Gasteiger partial charge in [0.05, 0.1) is 30.4 Å². The molecule has 0 aromatic carbocycles. The molecule has 0 atom stereocenters. The van der Waals surface area contributed by atoms with Crippen LogP contribution in [0.1, 0.15) is 257 Å². The van der Waals surface area contributed by atoms with E-state index in [2.05, 4.69) is 149 Å². The number of aliphatic imine (C=N–C) groups is 2. The van der Waals surface area contributed by atoms with Crippen LogP contribution in [-0.2, 0) is 9.53 Å². The summed E-state index contributed by atoms with van der Waals surface area (Å²) in [5.74, 6) is 4.66. The SMILES string of the molecule is CC.CC.CC.CC.CC(C)C.CC(C)C.CC(C)N1CCCCC12COC2.CC(C)N1CCCCC1=O.CC(C)N=C1CCCCN1C(C)C.CC(C)N=C1CCCCN1C(C)C.[B].[B].[B].[B]. The van der Waals surface area contributed by atoms with Crippen molar-refractivity contribution in [1.29, 1.82) is 0 Å². The highest BCUT2D eigenvalue weighted by atomic mass is 16.5. The first-order valence-corrected chi connectivity index (χ1v) is 27.5. The topological polar surface area (TPSA) is 64.0 Å². The second kappa shape index (κ2) is 54.9. The van der Waals surface area contributed by atoms with Crippen molar-refractivity contribution in [3.63, 3.8) is 0 Å². The summed E-state index contributed by atoms with van der Waals surface area (Å²) < 4.78 is 5.35. The Morgan fingerprint density at radius 2 is 0.706 bits per heavy atom. The van der Waals surface area contributed by atoms with Crippen molar-refractivity contribution >= 4 is 51.2 Å². The maximum atomic E-state index is 11.2. The van der Waals surface area contributed by atoms with Gasteiger partial charge in [-0.25, -0.2) is 0 Å². The minimum absolute atomic E-state index is 0. The van der Waals surface area contributed by atoms with Gasteiger partial charge in [-0.1, -0.05) is 103 Å². The molecule has 8 nitrogen and oxygen atoms in total. The largest absolute Gasteiger partial charge is 0.377 e. The lowest BCUT2D eigenvalue weighted by Crippen LogP contribution is -2.65. The highest BCUT2D eigenvalue weighted by Gasteiger charge is 2.46. The van der Waals surface area contributed by atoms with Gasteiger partial charge in [-0.3, -0.25) is 19.7 Å². The highest BCUT2D eigenvalue weighted by molar-refractivity contribution is 5.84. The van der Waals surface area contributed by atoms with Gasteiger partial charge in [-0.05, 0) is 153 Å². The average molecular weight is 955 g/mol. The van der Waals surface area contributed by atoms with Crippen molar-refractivity contribution in [3.05, 3.63) is 0 Å². The molecule has 5 aliphatic heterocycles. The van der Waals surface area contributed by atoms with E-state index in [1.807, 2.05) is 60.3 Å². The van der Waals surface area contributed by atoms with E-state index in [1.54, 1.807) is 0 Å². The van der Waals surface area contributed by atoms with E-state index in [4.69, 9.17) is 4.74 Å². The van der Waals surface area contributed by atoms with Crippen LogP contribution in [0.15, 0.2) is 9.98 Å². The number of ether oxygens (including phenoxy) is 1. The third-order valence-corrected chi connectivity index (χ3v) is 10.1. The fourth-order valence-corrected chi connectivity index (χ4v) is 7.61. The number of likely N-dealkylation sites (tertiary alicyclic amines) is 4. The molecular weight excluding hydrogens is 832 g/mol. The van der Waals surface area contributed by atoms with Crippen LogP contribution in [0.5, 0.6) is 0 Å². The molecule has 0 aliphatic carbocycles. The van der Waals surface area contributed by atoms with Gasteiger partial charge in [0.1, 0.15) is 0 Å². The minimum atomic E-state index is 0. The van der Waals surface area contributed by atoms with Crippen molar-refractivity contribution in [3.8, 4) is 0 Å². The van der Waals surface area contributed by atoms with E-state index in [9.17, 15) is 4.79 Å². The van der Waals surface area contributed by atoms with Crippen molar-refractivity contribution in [2.75, 3.05) is 39.4 Å². The Hall–Kier alpha value is -1.41. The number of hydrogen-bond acceptors (Lipinski definition) is 5. The Kier molecular flexibility index (Phi) is 69.8. The van der Waals surface area contributed by atoms with Gasteiger partial charge in [0.15, 0.2) is 0 Å². The van der Waals surface area contributed by atoms with E-state index in [0.29, 0.717) is 47.7 Å². The zero-order valence-corrected chi connectivity index (χ0v) is 51.2. The molecule has 12 heteroatoms. The second-order valence-electron chi connectivity index (χ2n) is 19.8. The standard InChI is InChI=1S/2C11H22N2.C10H19NO.C8H15NO.2C4H10.4C2H6.4B/c2*1-9(2)12-11-7-5-6-8-13(11)10(3)4;1-9(2)11-6-4-3-5-10(11)7-12-8-10;1-7(2)9-6-4-3-5-8(9)10;2*1-4(2)3;4*1-2;;;;/h2*9-10H,5-8H2,1-4H3;9H,3-8H2,1-2H3;7H,3-6H2,1-2H3;2*4H,1-3H3;4*1-2H3;;;;. The van der Waals surface area contributed by atoms with Gasteiger partial charge in [0, 0.05) is 109 Å². The maximum absolute atomic E-state index is 11.2. The summed E-state index contributed by atoms with van der Waals surface area (Å²) in [7, 11) is 0. The minimum Gasteiger partial charge on any atom is -0.377 e. The number of carbonyl (C=O) groups is 1. The lowest BCUT2D eigenvalue weighted by Gasteiger charge is -2.54. The first-order valence-electron chi connectivity index (χ1n) is 27.5. The molecule has 0 saturated carbocycles. The second-order valence-corrected chi connectivity index (χ2v) is 19.8. The third kappa shape index (κ3) is 43.4. The number of piperidine rings is 4. The summed E-state index contributed by atoms with van der Waals surface area (Å²) in [6.45, 7) is 62.0. The van der Waals surface area contributed by atoms with Crippen LogP contribution in [0.25, 0.3) is 0 Å². The van der Waals surface area contributed by atoms with E-state index < -0.39 is 0 Å². The smallest absolute Gasteiger partial charge is 0.222 e. The van der Waals surface area contributed by atoms with Crippen LogP contribution in [0.4, 0.5) is 0 Å². The summed E-state index contributed by atoms with van der Waals surface area (Å²) in [6.07, 6.45) is 14.8. The summed E-state index contributed by atoms with van der Waals surface area (Å²) in [6, 6.07) is 3.18. The van der Waals surface area contributed by atoms with Gasteiger partial charge in [0.25, 0.3) is 0 Å². The number of amidine groups is 2. The fraction of sp³-hybridized carbons (Fsp3) is 0.946. The van der Waals surface area contributed by atoms with Gasteiger partial charge in [-0.2, -0.15) is 0 Å². The number of nitrogens with zero attached hydrogens (tertiary/aromatic N) is 6. The molecule has 0 N–H and O–H groups in total. The summed E-state index contributed by atoms with van der Waals surface area (Å²) >= 11 is 0. The van der Waals surface area contributed by atoms with Crippen LogP contribution in [0.2, 0.25) is 0 Å². The van der Waals surface area contributed by atoms with Crippen molar-refractivity contribution in [2.45, 2.75) is 299 Å². The molecule has 0 aromatic heterocycles. The summed E-state index contributed by atoms with van der Waals surface area (Å²) in [4.78, 5) is 30.0. The van der Waals surface area contributed by atoms with Crippen molar-refractivity contribution in [2.24, 2.45) is 21.8 Å². The summed E-state index contributed by atoms with van der Waals surface area (Å²) in [5.41, 5.74) is 0.451. The predicted molar refractivity (Wildman–Crippen MR) is 316 cm³/mol. The van der Waals surface area contributed by atoms with E-state index in [1.165, 1.54) is 95.5 Å². The molecule has 12 radical (unpaired) electrons. The van der Waals surface area contributed by atoms with Crippen molar-refractivity contribution < 1.29 is 9.53 Å². The number of rotatable bonds is 6. The molecule has 5 saturated heterocycles. The Bertz CT molecular complexity index is 1030. The summed E-state index contributed by atoms with van der Waals surface area (Å²) in [5, 5.41) is 0. The number of amides is 1. The lowest BCUT2D eigenvalue weighted by molar-refractivity contribution is -0.165. The molecule has 400 valence electrons. The van der Waals surface area contributed by atoms with Crippen LogP contribution in [-0.4, -0.2) is 152 Å². The Labute approximate surface area is 438 Å². The van der Waals surface area contributed by atoms with E-state index in [0.717, 1.165) is 44.4 Å². The van der Waals surface area contributed by atoms with Gasteiger partial charge in [-0.15, -0.1) is 0 Å². The zero-order valence-electron chi connectivity index (χ0n) is 51.2. The molecule has 0 aromatic rings. The van der Waals surface area contributed by atoms with Crippen LogP contribution in [0, 0.1) is 11.8 Å². The van der Waals surface area contributed by atoms with Crippen LogP contribution >= 0.6 is 0 Å². The fourth-order valence-electron chi connectivity index (χ4n) is 7.61. The molecule has 5 rings (SSSR count). The third-order valence-electron chi connectivity index (χ3n) is 10.1. The maximum Gasteiger partial charge on any atom is 0.222 e. The molecule has 1 spiro atoms. The monoisotopic (exact) mass is 955 g/mol. The van der Waals surface area contributed by atoms with Crippen LogP contribution < -0.4 is 0 Å².